The van der Waals surface area contributed by atoms with Crippen LogP contribution in [-0.4, -0.2) is 24.0 Å². The molecule has 0 spiro atoms. The van der Waals surface area contributed by atoms with E-state index >= 15 is 0 Å². The molecule has 1 aromatic rings. The lowest BCUT2D eigenvalue weighted by atomic mass is 10.4. The number of aliphatic imine (C=N–C) groups is 1. The van der Waals surface area contributed by atoms with Crippen LogP contribution in [0.3, 0.4) is 0 Å². The van der Waals surface area contributed by atoms with Gasteiger partial charge in [-0.15, -0.1) is 0 Å². The summed E-state index contributed by atoms with van der Waals surface area (Å²) in [6.07, 6.45) is 1.55. The zero-order valence-corrected chi connectivity index (χ0v) is 7.07. The monoisotopic (exact) mass is 182 g/mol. The Balaban J connectivity index is 3.03. The Morgan fingerprint density at radius 3 is 2.85 bits per heavy atom. The fourth-order valence-corrected chi connectivity index (χ4v) is 0.859. The quantitative estimate of drug-likeness (QED) is 0.331. The van der Waals surface area contributed by atoms with E-state index in [9.17, 15) is 4.79 Å². The summed E-state index contributed by atoms with van der Waals surface area (Å²) in [5.41, 5.74) is 10.9. The molecule has 0 unspecified atom stereocenters. The Labute approximate surface area is 74.6 Å². The molecule has 6 heteroatoms. The van der Waals surface area contributed by atoms with Gasteiger partial charge < -0.3 is 21.2 Å². The van der Waals surface area contributed by atoms with Crippen molar-refractivity contribution in [3.8, 4) is 0 Å². The first-order valence-electron chi connectivity index (χ1n) is 3.50. The van der Waals surface area contributed by atoms with Gasteiger partial charge >= 0.3 is 5.97 Å². The first-order chi connectivity index (χ1) is 6.15. The van der Waals surface area contributed by atoms with Gasteiger partial charge in [0.05, 0.1) is 12.8 Å². The van der Waals surface area contributed by atoms with Crippen molar-refractivity contribution in [1.29, 1.82) is 0 Å². The van der Waals surface area contributed by atoms with Crippen LogP contribution in [-0.2, 0) is 4.74 Å². The van der Waals surface area contributed by atoms with Crippen LogP contribution in [0.1, 0.15) is 10.5 Å². The van der Waals surface area contributed by atoms with Gasteiger partial charge in [-0.2, -0.15) is 0 Å². The highest BCUT2D eigenvalue weighted by Crippen LogP contribution is 2.17. The van der Waals surface area contributed by atoms with Crippen LogP contribution >= 0.6 is 0 Å². The van der Waals surface area contributed by atoms with Crippen molar-refractivity contribution in [2.24, 2.45) is 16.5 Å². The van der Waals surface area contributed by atoms with E-state index in [0.717, 1.165) is 0 Å². The van der Waals surface area contributed by atoms with Crippen molar-refractivity contribution >= 4 is 17.6 Å². The van der Waals surface area contributed by atoms with Crippen molar-refractivity contribution in [2.75, 3.05) is 7.11 Å². The number of carbonyl (C=O) groups is 1. The van der Waals surface area contributed by atoms with Crippen molar-refractivity contribution in [3.05, 3.63) is 18.0 Å². The zero-order valence-electron chi connectivity index (χ0n) is 7.07. The molecule has 0 atom stereocenters. The molecule has 0 aliphatic heterocycles. The molecule has 70 valence electrons. The predicted molar refractivity (Wildman–Crippen MR) is 47.6 cm³/mol. The molecule has 0 saturated carbocycles. The van der Waals surface area contributed by atoms with Gasteiger partial charge in [0.25, 0.3) is 0 Å². The molecular weight excluding hydrogens is 172 g/mol. The van der Waals surface area contributed by atoms with Crippen LogP contribution in [0.15, 0.2) is 17.3 Å². The van der Waals surface area contributed by atoms with Gasteiger partial charge in [-0.3, -0.25) is 0 Å². The van der Waals surface area contributed by atoms with Gasteiger partial charge in [-0.1, -0.05) is 0 Å². The maximum atomic E-state index is 11.1. The van der Waals surface area contributed by atoms with Crippen LogP contribution in [0, 0.1) is 0 Å². The van der Waals surface area contributed by atoms with E-state index in [4.69, 9.17) is 11.5 Å². The summed E-state index contributed by atoms with van der Waals surface area (Å²) in [4.78, 5) is 17.5. The van der Waals surface area contributed by atoms with E-state index in [1.54, 1.807) is 12.3 Å². The lowest BCUT2D eigenvalue weighted by Crippen LogP contribution is -2.22. The molecule has 0 bridgehead atoms. The summed E-state index contributed by atoms with van der Waals surface area (Å²) in [5.74, 6) is -0.616. The molecule has 1 aromatic heterocycles. The van der Waals surface area contributed by atoms with Crippen molar-refractivity contribution < 1.29 is 9.53 Å². The van der Waals surface area contributed by atoms with E-state index in [2.05, 4.69) is 14.7 Å². The fraction of sp³-hybridized carbons (Fsp3) is 0.143. The van der Waals surface area contributed by atoms with Crippen molar-refractivity contribution in [1.82, 2.24) is 4.98 Å². The first-order valence-corrected chi connectivity index (χ1v) is 3.50. The predicted octanol–water partition coefficient (Wildman–Crippen LogP) is -0.294. The molecule has 0 aliphatic rings. The molecule has 0 aliphatic carbocycles. The minimum absolute atomic E-state index is 0.107. The lowest BCUT2D eigenvalue weighted by Gasteiger charge is -1.97. The molecule has 0 radical (unpaired) electrons. The molecule has 0 aromatic carbocycles. The van der Waals surface area contributed by atoms with Gasteiger partial charge in [-0.25, -0.2) is 9.79 Å². The second kappa shape index (κ2) is 3.61. The van der Waals surface area contributed by atoms with Crippen LogP contribution in [0.2, 0.25) is 0 Å². The number of aromatic nitrogens is 1. The SMILES string of the molecule is COC(=O)c1[nH]ccc1N=C(N)N. The van der Waals surface area contributed by atoms with Gasteiger partial charge in [0.1, 0.15) is 0 Å². The Morgan fingerprint density at radius 2 is 2.31 bits per heavy atom. The Bertz CT molecular complexity index is 338. The van der Waals surface area contributed by atoms with E-state index in [0.29, 0.717) is 5.69 Å². The number of hydrogen-bond acceptors (Lipinski definition) is 3. The van der Waals surface area contributed by atoms with Crippen LogP contribution in [0.5, 0.6) is 0 Å². The van der Waals surface area contributed by atoms with E-state index in [-0.39, 0.29) is 11.7 Å². The minimum atomic E-state index is -0.509. The summed E-state index contributed by atoms with van der Waals surface area (Å²) in [6, 6.07) is 1.58. The zero-order chi connectivity index (χ0) is 9.84. The van der Waals surface area contributed by atoms with Gasteiger partial charge in [0, 0.05) is 6.20 Å². The lowest BCUT2D eigenvalue weighted by molar-refractivity contribution is 0.0596. The smallest absolute Gasteiger partial charge is 0.356 e. The average Bonchev–Trinajstić information content (AvgIpc) is 2.50. The number of nitrogens with zero attached hydrogens (tertiary/aromatic N) is 1. The molecule has 13 heavy (non-hydrogen) atoms. The third-order valence-electron chi connectivity index (χ3n) is 1.36. The first kappa shape index (κ1) is 9.11. The number of aromatic amines is 1. The summed E-state index contributed by atoms with van der Waals surface area (Å²) in [6.45, 7) is 0. The number of hydrogen-bond donors (Lipinski definition) is 3. The van der Waals surface area contributed by atoms with E-state index < -0.39 is 5.97 Å². The van der Waals surface area contributed by atoms with Crippen LogP contribution in [0.25, 0.3) is 0 Å². The molecule has 0 fully saturated rings. The molecule has 1 rings (SSSR count). The number of guanidine groups is 1. The number of ether oxygens (including phenoxy) is 1. The fourth-order valence-electron chi connectivity index (χ4n) is 0.859. The summed E-state index contributed by atoms with van der Waals surface area (Å²) in [7, 11) is 1.28. The second-order valence-corrected chi connectivity index (χ2v) is 2.27. The largest absolute Gasteiger partial charge is 0.464 e. The maximum absolute atomic E-state index is 11.1. The van der Waals surface area contributed by atoms with Crippen molar-refractivity contribution in [2.45, 2.75) is 0 Å². The molecule has 0 amide bonds. The Morgan fingerprint density at radius 1 is 1.62 bits per heavy atom. The van der Waals surface area contributed by atoms with Crippen LogP contribution in [0.4, 0.5) is 5.69 Å². The molecular formula is C7H10N4O2. The average molecular weight is 182 g/mol. The number of H-pyrrole nitrogens is 1. The molecule has 1 heterocycles. The van der Waals surface area contributed by atoms with Crippen molar-refractivity contribution in [3.63, 3.8) is 0 Å². The summed E-state index contributed by atoms with van der Waals surface area (Å²) >= 11 is 0. The number of nitrogens with one attached hydrogen (secondary N) is 1. The highest BCUT2D eigenvalue weighted by molar-refractivity contribution is 5.94. The normalized spacial score (nSPS) is 9.31. The molecule has 0 saturated heterocycles. The second-order valence-electron chi connectivity index (χ2n) is 2.27. The van der Waals surface area contributed by atoms with E-state index in [1.807, 2.05) is 0 Å². The van der Waals surface area contributed by atoms with Crippen LogP contribution < -0.4 is 11.5 Å². The number of nitrogens with two attached hydrogens (primary N) is 2. The Kier molecular flexibility index (Phi) is 2.53. The summed E-state index contributed by atoms with van der Waals surface area (Å²) in [5, 5.41) is 0. The third kappa shape index (κ3) is 1.98. The number of carbonyl (C=O) groups excluding carboxylic acids is 1. The van der Waals surface area contributed by atoms with E-state index in [1.165, 1.54) is 7.11 Å². The van der Waals surface area contributed by atoms with Gasteiger partial charge in [0.15, 0.2) is 11.7 Å². The Hall–Kier alpha value is -1.98. The van der Waals surface area contributed by atoms with Gasteiger partial charge in [0.2, 0.25) is 0 Å². The number of rotatable bonds is 2. The molecule has 6 nitrogen and oxygen atoms in total. The highest BCUT2D eigenvalue weighted by atomic mass is 16.5. The minimum Gasteiger partial charge on any atom is -0.464 e. The number of methoxy groups -OCH3 is 1. The topological polar surface area (TPSA) is 106 Å². The summed E-state index contributed by atoms with van der Waals surface area (Å²) < 4.78 is 4.50. The number of esters is 1. The third-order valence-corrected chi connectivity index (χ3v) is 1.36. The maximum Gasteiger partial charge on any atom is 0.356 e. The highest BCUT2D eigenvalue weighted by Gasteiger charge is 2.11. The van der Waals surface area contributed by atoms with Gasteiger partial charge in [-0.05, 0) is 6.07 Å². The molecule has 5 N–H and O–H groups in total. The standard InChI is InChI=1S/C7H10N4O2/c1-13-6(12)5-4(2-3-10-5)11-7(8)9/h2-3,10H,1H3,(H4,8,9,11).